The SMILES string of the molecule is Br.CC1=C(Br)OC2(c3cc(Cl)c(C)c(Cl)c3)CCN12. The molecule has 1 aromatic rings. The quantitative estimate of drug-likeness (QED) is 0.596. The first kappa shape index (κ1) is 15.5. The summed E-state index contributed by atoms with van der Waals surface area (Å²) in [7, 11) is 0. The average molecular weight is 430 g/mol. The molecule has 0 saturated carbocycles. The Morgan fingerprint density at radius 3 is 2.26 bits per heavy atom. The summed E-state index contributed by atoms with van der Waals surface area (Å²) in [5, 5.41) is 1.37. The third kappa shape index (κ3) is 2.11. The molecule has 0 N–H and O–H groups in total. The van der Waals surface area contributed by atoms with Crippen LogP contribution in [-0.2, 0) is 10.5 Å². The van der Waals surface area contributed by atoms with Gasteiger partial charge in [0.05, 0.1) is 5.70 Å². The second kappa shape index (κ2) is 5.14. The number of halogens is 4. The Kier molecular flexibility index (Phi) is 4.19. The molecule has 0 spiro atoms. The molecule has 1 unspecified atom stereocenters. The van der Waals surface area contributed by atoms with Gasteiger partial charge in [0.2, 0.25) is 5.72 Å². The van der Waals surface area contributed by atoms with Crippen molar-refractivity contribution in [2.24, 2.45) is 0 Å². The molecule has 19 heavy (non-hydrogen) atoms. The van der Waals surface area contributed by atoms with Crippen LogP contribution in [0.5, 0.6) is 0 Å². The molecule has 2 heterocycles. The first-order valence-corrected chi connectivity index (χ1v) is 7.30. The van der Waals surface area contributed by atoms with Crippen LogP contribution in [0.2, 0.25) is 10.0 Å². The van der Waals surface area contributed by atoms with Crippen LogP contribution in [-0.4, -0.2) is 11.4 Å². The Bertz CT molecular complexity index is 553. The van der Waals surface area contributed by atoms with Gasteiger partial charge in [0, 0.05) is 28.6 Å². The van der Waals surface area contributed by atoms with Gasteiger partial charge in [-0.2, -0.15) is 0 Å². The van der Waals surface area contributed by atoms with Crippen molar-refractivity contribution >= 4 is 56.1 Å². The molecule has 0 aromatic heterocycles. The number of rotatable bonds is 1. The van der Waals surface area contributed by atoms with E-state index >= 15 is 0 Å². The zero-order valence-corrected chi connectivity index (χ0v) is 15.3. The van der Waals surface area contributed by atoms with Crippen molar-refractivity contribution < 1.29 is 4.74 Å². The van der Waals surface area contributed by atoms with Crippen LogP contribution < -0.4 is 0 Å². The van der Waals surface area contributed by atoms with E-state index in [1.54, 1.807) is 0 Å². The predicted octanol–water partition coefficient (Wildman–Crippen LogP) is 5.35. The molecule has 0 amide bonds. The van der Waals surface area contributed by atoms with Crippen LogP contribution in [0.4, 0.5) is 0 Å². The van der Waals surface area contributed by atoms with E-state index in [4.69, 9.17) is 27.9 Å². The summed E-state index contributed by atoms with van der Waals surface area (Å²) < 4.78 is 6.80. The van der Waals surface area contributed by atoms with E-state index < -0.39 is 5.72 Å². The molecule has 1 aromatic carbocycles. The van der Waals surface area contributed by atoms with E-state index in [0.29, 0.717) is 10.0 Å². The summed E-state index contributed by atoms with van der Waals surface area (Å²) in [6, 6.07) is 3.90. The Hall–Kier alpha value is 0.1000. The van der Waals surface area contributed by atoms with Crippen LogP contribution in [0.25, 0.3) is 0 Å². The van der Waals surface area contributed by atoms with Gasteiger partial charge in [-0.1, -0.05) is 23.2 Å². The molecule has 1 atom stereocenters. The predicted molar refractivity (Wildman–Crippen MR) is 87.2 cm³/mol. The van der Waals surface area contributed by atoms with Crippen molar-refractivity contribution in [1.82, 2.24) is 4.90 Å². The lowest BCUT2D eigenvalue weighted by Crippen LogP contribution is -2.54. The highest BCUT2D eigenvalue weighted by Crippen LogP contribution is 2.53. The van der Waals surface area contributed by atoms with Crippen molar-refractivity contribution in [2.45, 2.75) is 26.0 Å². The highest BCUT2D eigenvalue weighted by molar-refractivity contribution is 9.11. The minimum absolute atomic E-state index is 0. The van der Waals surface area contributed by atoms with Gasteiger partial charge in [0.1, 0.15) is 0 Å². The highest BCUT2D eigenvalue weighted by atomic mass is 79.9. The van der Waals surface area contributed by atoms with Crippen LogP contribution in [0.3, 0.4) is 0 Å². The third-order valence-corrected chi connectivity index (χ3v) is 5.31. The summed E-state index contributed by atoms with van der Waals surface area (Å²) in [6.45, 7) is 4.95. The first-order valence-electron chi connectivity index (χ1n) is 5.75. The summed E-state index contributed by atoms with van der Waals surface area (Å²) in [4.78, 5) is 2.23. The Morgan fingerprint density at radius 2 is 1.84 bits per heavy atom. The van der Waals surface area contributed by atoms with Gasteiger partial charge in [-0.15, -0.1) is 17.0 Å². The number of nitrogens with zero attached hydrogens (tertiary/aromatic N) is 1. The van der Waals surface area contributed by atoms with Gasteiger partial charge < -0.3 is 9.64 Å². The van der Waals surface area contributed by atoms with Crippen molar-refractivity contribution in [1.29, 1.82) is 0 Å². The second-order valence-electron chi connectivity index (χ2n) is 4.71. The molecule has 3 rings (SSSR count). The van der Waals surface area contributed by atoms with Crippen molar-refractivity contribution in [2.75, 3.05) is 6.54 Å². The van der Waals surface area contributed by atoms with E-state index in [2.05, 4.69) is 20.8 Å². The molecule has 2 aliphatic heterocycles. The van der Waals surface area contributed by atoms with Crippen LogP contribution in [0, 0.1) is 6.92 Å². The molecule has 2 nitrogen and oxygen atoms in total. The van der Waals surface area contributed by atoms with Crippen LogP contribution in [0.15, 0.2) is 22.5 Å². The summed E-state index contributed by atoms with van der Waals surface area (Å²) in [5.74, 6) is 0. The number of benzene rings is 1. The number of ether oxygens (including phenoxy) is 1. The number of fused-ring (bicyclic) bond motifs is 1. The van der Waals surface area contributed by atoms with E-state index in [0.717, 1.165) is 34.5 Å². The molecule has 0 aliphatic carbocycles. The zero-order valence-electron chi connectivity index (χ0n) is 10.5. The Morgan fingerprint density at radius 1 is 1.26 bits per heavy atom. The minimum Gasteiger partial charge on any atom is -0.455 e. The first-order chi connectivity index (χ1) is 8.45. The molecule has 1 fully saturated rings. The van der Waals surface area contributed by atoms with Crippen LogP contribution >= 0.6 is 56.1 Å². The molecule has 104 valence electrons. The molecule has 1 saturated heterocycles. The topological polar surface area (TPSA) is 12.5 Å². The lowest BCUT2D eigenvalue weighted by molar-refractivity contribution is -0.148. The van der Waals surface area contributed by atoms with E-state index in [1.807, 2.05) is 26.0 Å². The summed E-state index contributed by atoms with van der Waals surface area (Å²) in [5.41, 5.74) is 2.63. The maximum absolute atomic E-state index is 6.22. The van der Waals surface area contributed by atoms with Gasteiger partial charge in [0.25, 0.3) is 0 Å². The van der Waals surface area contributed by atoms with Gasteiger partial charge >= 0.3 is 0 Å². The maximum Gasteiger partial charge on any atom is 0.211 e. The van der Waals surface area contributed by atoms with E-state index in [-0.39, 0.29) is 17.0 Å². The van der Waals surface area contributed by atoms with Crippen molar-refractivity contribution in [3.8, 4) is 0 Å². The smallest absolute Gasteiger partial charge is 0.211 e. The van der Waals surface area contributed by atoms with Crippen molar-refractivity contribution in [3.05, 3.63) is 43.7 Å². The van der Waals surface area contributed by atoms with Gasteiger partial charge in [-0.3, -0.25) is 0 Å². The summed E-state index contributed by atoms with van der Waals surface area (Å²) in [6.07, 6.45) is 0.940. The lowest BCUT2D eigenvalue weighted by atomic mass is 9.89. The third-order valence-electron chi connectivity index (χ3n) is 3.79. The molecular formula is C13H13Br2Cl2NO. The maximum atomic E-state index is 6.22. The normalized spacial score (nSPS) is 24.6. The molecule has 2 aliphatic rings. The molecule has 6 heteroatoms. The highest BCUT2D eigenvalue weighted by Gasteiger charge is 2.54. The van der Waals surface area contributed by atoms with E-state index in [1.165, 1.54) is 0 Å². The lowest BCUT2D eigenvalue weighted by Gasteiger charge is -2.48. The minimum atomic E-state index is -0.413. The van der Waals surface area contributed by atoms with Gasteiger partial charge in [0.15, 0.2) is 4.67 Å². The standard InChI is InChI=1S/C13H12BrCl2NO.BrH/c1-7-10(15)5-9(6-11(7)16)13-3-4-17(13)8(2)12(14)18-13;/h5-6H,3-4H2,1-2H3;1H. The van der Waals surface area contributed by atoms with E-state index in [9.17, 15) is 0 Å². The fourth-order valence-electron chi connectivity index (χ4n) is 2.53. The van der Waals surface area contributed by atoms with Crippen LogP contribution in [0.1, 0.15) is 24.5 Å². The van der Waals surface area contributed by atoms with Crippen molar-refractivity contribution in [3.63, 3.8) is 0 Å². The summed E-state index contributed by atoms with van der Waals surface area (Å²) >= 11 is 15.9. The van der Waals surface area contributed by atoms with Gasteiger partial charge in [-0.25, -0.2) is 0 Å². The molecule has 0 radical (unpaired) electrons. The van der Waals surface area contributed by atoms with Gasteiger partial charge in [-0.05, 0) is 47.5 Å². The second-order valence-corrected chi connectivity index (χ2v) is 6.25. The Balaban J connectivity index is 0.00000133. The Labute approximate surface area is 141 Å². The number of hydrogen-bond acceptors (Lipinski definition) is 2. The fraction of sp³-hybridized carbons (Fsp3) is 0.385. The largest absolute Gasteiger partial charge is 0.455 e. The molecular weight excluding hydrogens is 417 g/mol. The monoisotopic (exact) mass is 427 g/mol. The fourth-order valence-corrected chi connectivity index (χ4v) is 3.50. The zero-order chi connectivity index (χ0) is 13.1. The number of hydrogen-bond donors (Lipinski definition) is 0. The average Bonchev–Trinajstić information content (AvgIpc) is 2.45. The number of allylic oxidation sites excluding steroid dienone is 1. The molecule has 0 bridgehead atoms.